The van der Waals surface area contributed by atoms with Crippen LogP contribution in [0.3, 0.4) is 0 Å². The number of benzene rings is 2. The van der Waals surface area contributed by atoms with E-state index in [-0.39, 0.29) is 12.4 Å². The molecule has 0 radical (unpaired) electrons. The predicted octanol–water partition coefficient (Wildman–Crippen LogP) is 3.04. The normalized spacial score (nSPS) is 13.9. The summed E-state index contributed by atoms with van der Waals surface area (Å²) in [6, 6.07) is 14.6. The van der Waals surface area contributed by atoms with E-state index in [4.69, 9.17) is 11.6 Å². The van der Waals surface area contributed by atoms with E-state index in [0.29, 0.717) is 17.1 Å². The van der Waals surface area contributed by atoms with Crippen LogP contribution in [0.2, 0.25) is 5.02 Å². The second-order valence-electron chi connectivity index (χ2n) is 4.98. The number of aliphatic hydroxyl groups excluding tert-OH is 1. The van der Waals surface area contributed by atoms with Crippen molar-refractivity contribution >= 4 is 11.6 Å². The first-order valence-electron chi connectivity index (χ1n) is 6.44. The maximum atomic E-state index is 9.81. The molecule has 0 aliphatic carbocycles. The highest BCUT2D eigenvalue weighted by Gasteiger charge is 2.25. The first-order valence-corrected chi connectivity index (χ1v) is 6.82. The van der Waals surface area contributed by atoms with Gasteiger partial charge in [0.15, 0.2) is 0 Å². The third-order valence-corrected chi connectivity index (χ3v) is 3.67. The lowest BCUT2D eigenvalue weighted by Gasteiger charge is -2.29. The summed E-state index contributed by atoms with van der Waals surface area (Å²) in [5.41, 5.74) is 1.12. The Bertz CT molecular complexity index is 574. The molecule has 0 heterocycles. The molecule has 0 aliphatic rings. The number of halogens is 1. The second-order valence-corrected chi connectivity index (χ2v) is 5.42. The minimum Gasteiger partial charge on any atom is -0.508 e. The molecule has 0 aromatic heterocycles. The van der Waals surface area contributed by atoms with Gasteiger partial charge in [0, 0.05) is 17.1 Å². The van der Waals surface area contributed by atoms with Crippen molar-refractivity contribution < 1.29 is 10.2 Å². The van der Waals surface area contributed by atoms with Gasteiger partial charge in [-0.2, -0.15) is 0 Å². The van der Waals surface area contributed by atoms with Gasteiger partial charge in [0.25, 0.3) is 0 Å². The monoisotopic (exact) mass is 291 g/mol. The van der Waals surface area contributed by atoms with Gasteiger partial charge < -0.3 is 15.5 Å². The maximum absolute atomic E-state index is 9.81. The van der Waals surface area contributed by atoms with E-state index in [0.717, 1.165) is 5.56 Å². The number of hydrogen-bond donors (Lipinski definition) is 3. The van der Waals surface area contributed by atoms with Gasteiger partial charge in [0.1, 0.15) is 5.75 Å². The molecule has 0 amide bonds. The smallest absolute Gasteiger partial charge is 0.120 e. The summed E-state index contributed by atoms with van der Waals surface area (Å²) >= 11 is 5.93. The first kappa shape index (κ1) is 14.9. The molecule has 0 bridgehead atoms. The Kier molecular flexibility index (Phi) is 4.65. The molecule has 1 unspecified atom stereocenters. The van der Waals surface area contributed by atoms with Crippen LogP contribution < -0.4 is 5.32 Å². The van der Waals surface area contributed by atoms with Crippen molar-refractivity contribution in [3.05, 3.63) is 64.7 Å². The second kappa shape index (κ2) is 6.27. The number of aromatic hydroxyl groups is 1. The number of hydrogen-bond acceptors (Lipinski definition) is 3. The molecule has 106 valence electrons. The van der Waals surface area contributed by atoms with Crippen LogP contribution in [0.4, 0.5) is 0 Å². The Morgan fingerprint density at radius 3 is 2.50 bits per heavy atom. The number of phenolic OH excluding ortho intramolecular Hbond substituents is 1. The Labute approximate surface area is 123 Å². The van der Waals surface area contributed by atoms with Crippen LogP contribution in [-0.4, -0.2) is 16.8 Å². The zero-order valence-electron chi connectivity index (χ0n) is 11.3. The maximum Gasteiger partial charge on any atom is 0.120 e. The number of rotatable bonds is 5. The van der Waals surface area contributed by atoms with Crippen molar-refractivity contribution in [3.8, 4) is 5.75 Å². The molecule has 0 fully saturated rings. The third-order valence-electron chi connectivity index (χ3n) is 3.44. The standard InChI is InChI=1S/C16H18ClNO2/c1-16(11-19,13-5-3-2-4-6-13)18-10-12-9-14(17)7-8-15(12)20/h2-9,18-20H,10-11H2,1H3. The van der Waals surface area contributed by atoms with E-state index in [9.17, 15) is 10.2 Å². The van der Waals surface area contributed by atoms with Crippen molar-refractivity contribution in [1.29, 1.82) is 0 Å². The molecule has 4 heteroatoms. The third kappa shape index (κ3) is 3.31. The van der Waals surface area contributed by atoms with Gasteiger partial charge in [-0.25, -0.2) is 0 Å². The van der Waals surface area contributed by atoms with Gasteiger partial charge in [0.05, 0.1) is 12.1 Å². The van der Waals surface area contributed by atoms with Crippen LogP contribution in [0, 0.1) is 0 Å². The Morgan fingerprint density at radius 1 is 1.15 bits per heavy atom. The molecule has 1 atom stereocenters. The Balaban J connectivity index is 2.17. The summed E-state index contributed by atoms with van der Waals surface area (Å²) in [5.74, 6) is 0.190. The molecule has 20 heavy (non-hydrogen) atoms. The molecule has 2 aromatic carbocycles. The fourth-order valence-corrected chi connectivity index (χ4v) is 2.24. The van der Waals surface area contributed by atoms with E-state index in [1.165, 1.54) is 0 Å². The highest BCUT2D eigenvalue weighted by Crippen LogP contribution is 2.24. The molecular formula is C16H18ClNO2. The molecule has 3 nitrogen and oxygen atoms in total. The average Bonchev–Trinajstić information content (AvgIpc) is 2.49. The summed E-state index contributed by atoms with van der Waals surface area (Å²) in [7, 11) is 0. The van der Waals surface area contributed by atoms with Crippen LogP contribution in [0.25, 0.3) is 0 Å². The average molecular weight is 292 g/mol. The minimum atomic E-state index is -0.573. The fourth-order valence-electron chi connectivity index (χ4n) is 2.04. The minimum absolute atomic E-state index is 0.0433. The van der Waals surface area contributed by atoms with Crippen molar-refractivity contribution in [1.82, 2.24) is 5.32 Å². The van der Waals surface area contributed by atoms with E-state index < -0.39 is 5.54 Å². The molecule has 3 N–H and O–H groups in total. The summed E-state index contributed by atoms with van der Waals surface area (Å²) < 4.78 is 0. The Morgan fingerprint density at radius 2 is 1.85 bits per heavy atom. The number of phenols is 1. The number of aliphatic hydroxyl groups is 1. The summed E-state index contributed by atoms with van der Waals surface area (Å²) in [6.07, 6.45) is 0. The van der Waals surface area contributed by atoms with Gasteiger partial charge in [-0.05, 0) is 30.7 Å². The van der Waals surface area contributed by atoms with Crippen molar-refractivity contribution in [2.45, 2.75) is 19.0 Å². The molecule has 0 saturated heterocycles. The van der Waals surface area contributed by atoms with Gasteiger partial charge in [-0.3, -0.25) is 0 Å². The van der Waals surface area contributed by atoms with Gasteiger partial charge >= 0.3 is 0 Å². The van der Waals surface area contributed by atoms with Crippen LogP contribution in [-0.2, 0) is 12.1 Å². The van der Waals surface area contributed by atoms with Gasteiger partial charge in [-0.1, -0.05) is 41.9 Å². The lowest BCUT2D eigenvalue weighted by molar-refractivity contribution is 0.173. The summed E-state index contributed by atoms with van der Waals surface area (Å²) in [6.45, 7) is 2.29. The number of nitrogens with one attached hydrogen (secondary N) is 1. The largest absolute Gasteiger partial charge is 0.508 e. The van der Waals surface area contributed by atoms with Crippen molar-refractivity contribution in [2.24, 2.45) is 0 Å². The zero-order chi connectivity index (χ0) is 14.6. The SMILES string of the molecule is CC(CO)(NCc1cc(Cl)ccc1O)c1ccccc1. The fraction of sp³-hybridized carbons (Fsp3) is 0.250. The molecule has 0 spiro atoms. The molecule has 0 saturated carbocycles. The molecule has 2 aromatic rings. The van der Waals surface area contributed by atoms with E-state index >= 15 is 0 Å². The van der Waals surface area contributed by atoms with Crippen LogP contribution in [0.5, 0.6) is 5.75 Å². The Hall–Kier alpha value is -1.55. The van der Waals surface area contributed by atoms with Crippen LogP contribution >= 0.6 is 11.6 Å². The van der Waals surface area contributed by atoms with Crippen molar-refractivity contribution in [2.75, 3.05) is 6.61 Å². The van der Waals surface area contributed by atoms with Gasteiger partial charge in [-0.15, -0.1) is 0 Å². The highest BCUT2D eigenvalue weighted by atomic mass is 35.5. The lowest BCUT2D eigenvalue weighted by atomic mass is 9.92. The highest BCUT2D eigenvalue weighted by molar-refractivity contribution is 6.30. The van der Waals surface area contributed by atoms with E-state index in [1.807, 2.05) is 37.3 Å². The van der Waals surface area contributed by atoms with Crippen molar-refractivity contribution in [3.63, 3.8) is 0 Å². The molecular weight excluding hydrogens is 274 g/mol. The topological polar surface area (TPSA) is 52.5 Å². The summed E-state index contributed by atoms with van der Waals surface area (Å²) in [5, 5.41) is 23.4. The van der Waals surface area contributed by atoms with Crippen LogP contribution in [0.15, 0.2) is 48.5 Å². The molecule has 0 aliphatic heterocycles. The predicted molar refractivity (Wildman–Crippen MR) is 80.8 cm³/mol. The van der Waals surface area contributed by atoms with Crippen LogP contribution in [0.1, 0.15) is 18.1 Å². The first-order chi connectivity index (χ1) is 9.55. The van der Waals surface area contributed by atoms with E-state index in [2.05, 4.69) is 5.32 Å². The van der Waals surface area contributed by atoms with E-state index in [1.54, 1.807) is 18.2 Å². The lowest BCUT2D eigenvalue weighted by Crippen LogP contribution is -2.42. The molecule has 2 rings (SSSR count). The quantitative estimate of drug-likeness (QED) is 0.794. The zero-order valence-corrected chi connectivity index (χ0v) is 12.1. The summed E-state index contributed by atoms with van der Waals surface area (Å²) in [4.78, 5) is 0. The van der Waals surface area contributed by atoms with Gasteiger partial charge in [0.2, 0.25) is 0 Å².